The van der Waals surface area contributed by atoms with E-state index >= 15 is 0 Å². The largest absolute Gasteiger partial charge is 0.481 e. The second-order valence-electron chi connectivity index (χ2n) is 3.94. The van der Waals surface area contributed by atoms with E-state index in [1.165, 1.54) is 0 Å². The number of hydrogen-bond donors (Lipinski definition) is 4. The minimum absolute atomic E-state index is 0.0120. The molecule has 1 unspecified atom stereocenters. The molecule has 18 heavy (non-hydrogen) atoms. The molecule has 0 aromatic carbocycles. The van der Waals surface area contributed by atoms with E-state index in [0.29, 0.717) is 5.69 Å². The fraction of sp³-hybridized carbons (Fsp3) is 0.500. The number of carbonyl (C=O) groups excluding carboxylic acids is 1. The van der Waals surface area contributed by atoms with Gasteiger partial charge >= 0.3 is 16.9 Å². The van der Waals surface area contributed by atoms with Crippen molar-refractivity contribution in [2.75, 3.05) is 6.54 Å². The molecule has 1 rings (SSSR count). The van der Waals surface area contributed by atoms with Gasteiger partial charge in [-0.3, -0.25) is 9.59 Å². The predicted octanol–water partition coefficient (Wildman–Crippen LogP) is 0.346. The number of rotatable bonds is 6. The summed E-state index contributed by atoms with van der Waals surface area (Å²) in [6.07, 6.45) is 0.0120. The number of carboxylic acid groups (broad SMARTS) is 1. The summed E-state index contributed by atoms with van der Waals surface area (Å²) in [7, 11) is 0. The smallest absolute Gasteiger partial charge is 0.315 e. The first-order valence-corrected chi connectivity index (χ1v) is 6.25. The molecule has 0 radical (unpaired) electrons. The summed E-state index contributed by atoms with van der Waals surface area (Å²) in [6, 6.07) is -0.390. The monoisotopic (exact) mass is 273 g/mol. The van der Waals surface area contributed by atoms with Crippen LogP contribution < -0.4 is 15.5 Å². The first kappa shape index (κ1) is 14.2. The van der Waals surface area contributed by atoms with E-state index < -0.39 is 5.97 Å². The highest BCUT2D eigenvalue weighted by Gasteiger charge is 2.09. The molecule has 2 amide bonds. The quantitative estimate of drug-likeness (QED) is 0.599. The highest BCUT2D eigenvalue weighted by atomic mass is 32.1. The van der Waals surface area contributed by atoms with E-state index in [4.69, 9.17) is 5.11 Å². The number of carboxylic acids is 1. The van der Waals surface area contributed by atoms with Crippen molar-refractivity contribution in [1.29, 1.82) is 0 Å². The number of nitrogens with one attached hydrogen (secondary N) is 3. The van der Waals surface area contributed by atoms with Crippen molar-refractivity contribution in [3.63, 3.8) is 0 Å². The average molecular weight is 273 g/mol. The third-order valence-corrected chi connectivity index (χ3v) is 2.86. The molecule has 1 aromatic rings. The number of carbonyl (C=O) groups is 2. The Morgan fingerprint density at radius 1 is 1.50 bits per heavy atom. The molecule has 0 saturated carbocycles. The van der Waals surface area contributed by atoms with Crippen LogP contribution in [-0.4, -0.2) is 28.6 Å². The minimum Gasteiger partial charge on any atom is -0.481 e. The molecule has 7 nitrogen and oxygen atoms in total. The van der Waals surface area contributed by atoms with E-state index in [0.717, 1.165) is 11.3 Å². The predicted molar refractivity (Wildman–Crippen MR) is 66.6 cm³/mol. The number of aromatic amines is 1. The maximum atomic E-state index is 11.4. The number of hydrogen-bond acceptors (Lipinski definition) is 4. The summed E-state index contributed by atoms with van der Waals surface area (Å²) in [4.78, 5) is 35.0. The molecule has 0 aliphatic rings. The topological polar surface area (TPSA) is 111 Å². The average Bonchev–Trinajstić information content (AvgIpc) is 2.69. The van der Waals surface area contributed by atoms with Gasteiger partial charge in [0.2, 0.25) is 0 Å². The van der Waals surface area contributed by atoms with Crippen molar-refractivity contribution in [3.8, 4) is 0 Å². The van der Waals surface area contributed by atoms with Gasteiger partial charge in [0.1, 0.15) is 0 Å². The van der Waals surface area contributed by atoms with Crippen molar-refractivity contribution < 1.29 is 14.7 Å². The third kappa shape index (κ3) is 5.48. The molecule has 4 N–H and O–H groups in total. The molecular formula is C10H15N3O4S. The van der Waals surface area contributed by atoms with Crippen molar-refractivity contribution in [2.24, 2.45) is 5.92 Å². The highest BCUT2D eigenvalue weighted by Crippen LogP contribution is 1.99. The van der Waals surface area contributed by atoms with Crippen LogP contribution in [0.3, 0.4) is 0 Å². The Balaban J connectivity index is 2.21. The van der Waals surface area contributed by atoms with Crippen molar-refractivity contribution >= 4 is 23.3 Å². The van der Waals surface area contributed by atoms with E-state index in [9.17, 15) is 14.4 Å². The van der Waals surface area contributed by atoms with Gasteiger partial charge < -0.3 is 20.7 Å². The van der Waals surface area contributed by atoms with Gasteiger partial charge in [0.25, 0.3) is 0 Å². The lowest BCUT2D eigenvalue weighted by Crippen LogP contribution is -2.37. The number of thiazole rings is 1. The fourth-order valence-electron chi connectivity index (χ4n) is 1.28. The van der Waals surface area contributed by atoms with E-state index in [1.54, 1.807) is 12.3 Å². The fourth-order valence-corrected chi connectivity index (χ4v) is 1.86. The second kappa shape index (κ2) is 6.80. The molecular weight excluding hydrogens is 258 g/mol. The molecule has 1 aromatic heterocycles. The Hall–Kier alpha value is -1.83. The second-order valence-corrected chi connectivity index (χ2v) is 4.78. The van der Waals surface area contributed by atoms with Crippen LogP contribution in [0, 0.1) is 5.92 Å². The Kier molecular flexibility index (Phi) is 5.37. The van der Waals surface area contributed by atoms with Crippen LogP contribution in [0.2, 0.25) is 0 Å². The number of aliphatic carboxylic acids is 1. The van der Waals surface area contributed by atoms with Crippen molar-refractivity contribution in [2.45, 2.75) is 19.9 Å². The third-order valence-electron chi connectivity index (χ3n) is 2.14. The summed E-state index contributed by atoms with van der Waals surface area (Å²) in [5, 5.41) is 15.3. The summed E-state index contributed by atoms with van der Waals surface area (Å²) in [6.45, 7) is 2.26. The molecule has 1 heterocycles. The van der Waals surface area contributed by atoms with Gasteiger partial charge in [-0.1, -0.05) is 18.3 Å². The van der Waals surface area contributed by atoms with Crippen LogP contribution in [-0.2, 0) is 11.3 Å². The maximum Gasteiger partial charge on any atom is 0.315 e. The number of H-pyrrole nitrogens is 1. The number of aromatic nitrogens is 1. The van der Waals surface area contributed by atoms with Gasteiger partial charge in [-0.05, 0) is 5.92 Å². The molecule has 0 bridgehead atoms. The Bertz CT molecular complexity index is 468. The van der Waals surface area contributed by atoms with Gasteiger partial charge in [0.05, 0.1) is 6.54 Å². The lowest BCUT2D eigenvalue weighted by molar-refractivity contribution is -0.137. The van der Waals surface area contributed by atoms with Crippen molar-refractivity contribution in [1.82, 2.24) is 15.6 Å². The molecule has 8 heteroatoms. The van der Waals surface area contributed by atoms with Crippen LogP contribution in [0.5, 0.6) is 0 Å². The van der Waals surface area contributed by atoms with Crippen molar-refractivity contribution in [3.05, 3.63) is 20.7 Å². The summed E-state index contributed by atoms with van der Waals surface area (Å²) < 4.78 is 0. The molecule has 0 aliphatic heterocycles. The zero-order chi connectivity index (χ0) is 13.5. The summed E-state index contributed by atoms with van der Waals surface area (Å²) in [5.41, 5.74) is 0.638. The molecule has 0 fully saturated rings. The van der Waals surface area contributed by atoms with Crippen LogP contribution >= 0.6 is 11.3 Å². The Labute approximate surface area is 107 Å². The first-order valence-electron chi connectivity index (χ1n) is 5.37. The van der Waals surface area contributed by atoms with Crippen LogP contribution in [0.1, 0.15) is 19.0 Å². The summed E-state index contributed by atoms with van der Waals surface area (Å²) >= 11 is 1.03. The first-order chi connectivity index (χ1) is 8.47. The minimum atomic E-state index is -0.888. The molecule has 100 valence electrons. The molecule has 0 aliphatic carbocycles. The number of urea groups is 1. The van der Waals surface area contributed by atoms with Gasteiger partial charge in [0, 0.05) is 24.0 Å². The molecule has 0 spiro atoms. The molecule has 1 atom stereocenters. The zero-order valence-corrected chi connectivity index (χ0v) is 10.7. The van der Waals surface area contributed by atoms with Gasteiger partial charge in [-0.25, -0.2) is 4.79 Å². The maximum absolute atomic E-state index is 11.4. The standard InChI is InChI=1S/C10H15N3O4S/c1-6(2-8(14)15)3-11-9(16)12-4-7-5-18-10(17)13-7/h5-6H,2-4H2,1H3,(H,13,17)(H,14,15)(H2,11,12,16). The number of amides is 2. The summed E-state index contributed by atoms with van der Waals surface area (Å²) in [5.74, 6) is -1.02. The van der Waals surface area contributed by atoms with Gasteiger partial charge in [0.15, 0.2) is 0 Å². The van der Waals surface area contributed by atoms with E-state index in [2.05, 4.69) is 15.6 Å². The van der Waals surface area contributed by atoms with Crippen LogP contribution in [0.25, 0.3) is 0 Å². The lowest BCUT2D eigenvalue weighted by Gasteiger charge is -2.10. The van der Waals surface area contributed by atoms with E-state index in [-0.39, 0.29) is 36.3 Å². The van der Waals surface area contributed by atoms with Crippen LogP contribution in [0.15, 0.2) is 10.2 Å². The zero-order valence-electron chi connectivity index (χ0n) is 9.86. The van der Waals surface area contributed by atoms with Gasteiger partial charge in [-0.15, -0.1) is 0 Å². The van der Waals surface area contributed by atoms with E-state index in [1.807, 2.05) is 0 Å². The Morgan fingerprint density at radius 2 is 2.22 bits per heavy atom. The normalized spacial score (nSPS) is 11.8. The Morgan fingerprint density at radius 3 is 2.78 bits per heavy atom. The van der Waals surface area contributed by atoms with Crippen LogP contribution in [0.4, 0.5) is 4.79 Å². The molecule has 0 saturated heterocycles. The van der Waals surface area contributed by atoms with Gasteiger partial charge in [-0.2, -0.15) is 0 Å². The lowest BCUT2D eigenvalue weighted by atomic mass is 10.1. The SMILES string of the molecule is CC(CNC(=O)NCc1csc(=O)[nH]1)CC(=O)O. The highest BCUT2D eigenvalue weighted by molar-refractivity contribution is 7.07.